The topological polar surface area (TPSA) is 111 Å². The average Bonchev–Trinajstić information content (AvgIpc) is 2.46. The van der Waals surface area contributed by atoms with Crippen LogP contribution >= 0.6 is 0 Å². The van der Waals surface area contributed by atoms with E-state index in [0.717, 1.165) is 0 Å². The number of sulfone groups is 1. The quantitative estimate of drug-likeness (QED) is 0.886. The number of nitrogens with zero attached hydrogens (tertiary/aromatic N) is 2. The minimum absolute atomic E-state index is 0.0297. The lowest BCUT2D eigenvalue weighted by atomic mass is 10.1. The van der Waals surface area contributed by atoms with Gasteiger partial charge in [0.2, 0.25) is 5.91 Å². The third-order valence-corrected chi connectivity index (χ3v) is 5.57. The van der Waals surface area contributed by atoms with Crippen LogP contribution in [0.1, 0.15) is 30.4 Å². The van der Waals surface area contributed by atoms with Crippen molar-refractivity contribution >= 4 is 21.4 Å². The van der Waals surface area contributed by atoms with E-state index in [0.29, 0.717) is 24.9 Å². The number of hydrogen-bond acceptors (Lipinski definition) is 5. The Kier molecular flexibility index (Phi) is 4.25. The molecular weight excluding hydrogens is 290 g/mol. The Bertz CT molecular complexity index is 757. The van der Waals surface area contributed by atoms with Gasteiger partial charge in [-0.25, -0.2) is 8.42 Å². The smallest absolute Gasteiger partial charge is 0.242 e. The second-order valence-corrected chi connectivity index (χ2v) is 7.13. The summed E-state index contributed by atoms with van der Waals surface area (Å²) in [5, 5.41) is 19.2. The Hall–Kier alpha value is -2.38. The standard InChI is InChI=1S/C14H13N3O3S/c15-8-10-4-5-12(7-11(10)9-16)17-14(18)13-3-1-2-6-21(13,19)20/h4-5,7,13H,1-3,6H2,(H,17,18). The van der Waals surface area contributed by atoms with Crippen molar-refractivity contribution in [1.29, 1.82) is 10.5 Å². The van der Waals surface area contributed by atoms with Crippen LogP contribution in [0.3, 0.4) is 0 Å². The number of benzene rings is 1. The number of anilines is 1. The number of nitriles is 2. The molecule has 0 saturated carbocycles. The van der Waals surface area contributed by atoms with Gasteiger partial charge in [0.1, 0.15) is 17.4 Å². The summed E-state index contributed by atoms with van der Waals surface area (Å²) in [7, 11) is -3.40. The maximum atomic E-state index is 12.1. The van der Waals surface area contributed by atoms with Crippen molar-refractivity contribution in [3.63, 3.8) is 0 Å². The molecule has 1 fully saturated rings. The van der Waals surface area contributed by atoms with Crippen LogP contribution in [0.5, 0.6) is 0 Å². The van der Waals surface area contributed by atoms with Gasteiger partial charge in [0, 0.05) is 5.69 Å². The minimum Gasteiger partial charge on any atom is -0.325 e. The van der Waals surface area contributed by atoms with Crippen molar-refractivity contribution in [3.8, 4) is 12.1 Å². The Balaban J connectivity index is 2.21. The first-order valence-corrected chi connectivity index (χ1v) is 8.16. The molecule has 0 aromatic heterocycles. The van der Waals surface area contributed by atoms with Crippen LogP contribution in [0.4, 0.5) is 5.69 Å². The first-order chi connectivity index (χ1) is 9.97. The molecule has 1 N–H and O–H groups in total. The third-order valence-electron chi connectivity index (χ3n) is 3.40. The van der Waals surface area contributed by atoms with Crippen LogP contribution in [0.2, 0.25) is 0 Å². The lowest BCUT2D eigenvalue weighted by Crippen LogP contribution is -2.39. The molecule has 1 saturated heterocycles. The summed E-state index contributed by atoms with van der Waals surface area (Å²) in [6.45, 7) is 0. The number of amides is 1. The predicted octanol–water partition coefficient (Wildman–Crippen LogP) is 1.34. The van der Waals surface area contributed by atoms with E-state index in [4.69, 9.17) is 10.5 Å². The van der Waals surface area contributed by atoms with Crippen LogP contribution in [0.15, 0.2) is 18.2 Å². The molecule has 2 rings (SSSR count). The predicted molar refractivity (Wildman–Crippen MR) is 75.9 cm³/mol. The van der Waals surface area contributed by atoms with Crippen molar-refractivity contribution in [2.75, 3.05) is 11.1 Å². The molecule has 1 aliphatic rings. The van der Waals surface area contributed by atoms with Crippen molar-refractivity contribution in [2.24, 2.45) is 0 Å². The summed E-state index contributed by atoms with van der Waals surface area (Å²) >= 11 is 0. The summed E-state index contributed by atoms with van der Waals surface area (Å²) in [5.41, 5.74) is 0.666. The summed E-state index contributed by atoms with van der Waals surface area (Å²) in [5.74, 6) is -0.551. The van der Waals surface area contributed by atoms with E-state index < -0.39 is 21.0 Å². The van der Waals surface area contributed by atoms with Gasteiger partial charge in [-0.3, -0.25) is 4.79 Å². The molecule has 0 bridgehead atoms. The van der Waals surface area contributed by atoms with Gasteiger partial charge in [-0.1, -0.05) is 6.42 Å². The maximum absolute atomic E-state index is 12.1. The van der Waals surface area contributed by atoms with Crippen molar-refractivity contribution in [3.05, 3.63) is 29.3 Å². The SMILES string of the molecule is N#Cc1ccc(NC(=O)C2CCCCS2(=O)=O)cc1C#N. The molecule has 21 heavy (non-hydrogen) atoms. The third kappa shape index (κ3) is 3.21. The molecule has 1 unspecified atom stereocenters. The molecule has 0 radical (unpaired) electrons. The molecule has 6 nitrogen and oxygen atoms in total. The van der Waals surface area contributed by atoms with Crippen LogP contribution in [0, 0.1) is 22.7 Å². The highest BCUT2D eigenvalue weighted by atomic mass is 32.2. The maximum Gasteiger partial charge on any atom is 0.242 e. The Morgan fingerprint density at radius 1 is 1.19 bits per heavy atom. The average molecular weight is 303 g/mol. The molecule has 1 aliphatic heterocycles. The van der Waals surface area contributed by atoms with Crippen molar-refractivity contribution < 1.29 is 13.2 Å². The Morgan fingerprint density at radius 2 is 1.90 bits per heavy atom. The largest absolute Gasteiger partial charge is 0.325 e. The van der Waals surface area contributed by atoms with E-state index in [-0.39, 0.29) is 16.9 Å². The second-order valence-electron chi connectivity index (χ2n) is 4.82. The zero-order chi connectivity index (χ0) is 15.5. The number of carbonyl (C=O) groups excluding carboxylic acids is 1. The molecule has 1 aromatic carbocycles. The summed E-state index contributed by atoms with van der Waals surface area (Å²) in [6, 6.07) is 8.00. The molecule has 7 heteroatoms. The number of nitrogens with one attached hydrogen (secondary N) is 1. The zero-order valence-electron chi connectivity index (χ0n) is 11.2. The fourth-order valence-corrected chi connectivity index (χ4v) is 4.09. The molecule has 1 atom stereocenters. The lowest BCUT2D eigenvalue weighted by Gasteiger charge is -2.21. The fourth-order valence-electron chi connectivity index (χ4n) is 2.28. The number of rotatable bonds is 2. The molecule has 1 heterocycles. The fraction of sp³-hybridized carbons (Fsp3) is 0.357. The summed E-state index contributed by atoms with van der Waals surface area (Å²) in [4.78, 5) is 12.1. The highest BCUT2D eigenvalue weighted by molar-refractivity contribution is 7.92. The van der Waals surface area contributed by atoms with Gasteiger partial charge in [0.25, 0.3) is 0 Å². The van der Waals surface area contributed by atoms with Crippen molar-refractivity contribution in [2.45, 2.75) is 24.5 Å². The molecule has 0 spiro atoms. The van der Waals surface area contributed by atoms with Gasteiger partial charge in [-0.15, -0.1) is 0 Å². The van der Waals surface area contributed by atoms with E-state index in [1.807, 2.05) is 12.1 Å². The molecule has 1 amide bonds. The molecule has 0 aliphatic carbocycles. The van der Waals surface area contributed by atoms with E-state index in [9.17, 15) is 13.2 Å². The Labute approximate surface area is 122 Å². The van der Waals surface area contributed by atoms with Gasteiger partial charge in [0.05, 0.1) is 16.9 Å². The molecule has 108 valence electrons. The van der Waals surface area contributed by atoms with E-state index >= 15 is 0 Å². The summed E-state index contributed by atoms with van der Waals surface area (Å²) < 4.78 is 23.8. The van der Waals surface area contributed by atoms with Gasteiger partial charge in [0.15, 0.2) is 9.84 Å². The van der Waals surface area contributed by atoms with Crippen molar-refractivity contribution in [1.82, 2.24) is 0 Å². The van der Waals surface area contributed by atoms with Gasteiger partial charge in [-0.05, 0) is 31.0 Å². The van der Waals surface area contributed by atoms with Crippen LogP contribution in [0.25, 0.3) is 0 Å². The van der Waals surface area contributed by atoms with Crippen LogP contribution < -0.4 is 5.32 Å². The van der Waals surface area contributed by atoms with Crippen LogP contribution in [-0.2, 0) is 14.6 Å². The minimum atomic E-state index is -3.40. The highest BCUT2D eigenvalue weighted by Gasteiger charge is 2.34. The Morgan fingerprint density at radius 3 is 2.52 bits per heavy atom. The summed E-state index contributed by atoms with van der Waals surface area (Å²) in [6.07, 6.45) is 1.60. The normalized spacial score (nSPS) is 20.0. The van der Waals surface area contributed by atoms with E-state index in [1.165, 1.54) is 18.2 Å². The van der Waals surface area contributed by atoms with E-state index in [1.54, 1.807) is 0 Å². The monoisotopic (exact) mass is 303 g/mol. The second kappa shape index (κ2) is 5.94. The highest BCUT2D eigenvalue weighted by Crippen LogP contribution is 2.22. The van der Waals surface area contributed by atoms with E-state index in [2.05, 4.69) is 5.32 Å². The van der Waals surface area contributed by atoms with Crippen LogP contribution in [-0.4, -0.2) is 25.3 Å². The first kappa shape index (κ1) is 15.0. The number of carbonyl (C=O) groups is 1. The van der Waals surface area contributed by atoms with Gasteiger partial charge < -0.3 is 5.32 Å². The van der Waals surface area contributed by atoms with Gasteiger partial charge >= 0.3 is 0 Å². The molecule has 1 aromatic rings. The zero-order valence-corrected chi connectivity index (χ0v) is 12.0. The first-order valence-electron chi connectivity index (χ1n) is 6.44. The molecular formula is C14H13N3O3S. The lowest BCUT2D eigenvalue weighted by molar-refractivity contribution is -0.116. The van der Waals surface area contributed by atoms with Gasteiger partial charge in [-0.2, -0.15) is 10.5 Å². The number of hydrogen-bond donors (Lipinski definition) is 1.